The van der Waals surface area contributed by atoms with Gasteiger partial charge < -0.3 is 89.9 Å². The number of aliphatic hydroxyl groups is 11. The number of aliphatic hydroxyl groups excluding tert-OH is 11. The second-order valence-electron chi connectivity index (χ2n) is 28.1. The lowest BCUT2D eigenvalue weighted by Crippen LogP contribution is -2.66. The molecule has 17 unspecified atom stereocenters. The Morgan fingerprint density at radius 1 is 0.359 bits per heavy atom. The van der Waals surface area contributed by atoms with Crippen LogP contribution in [0.4, 0.5) is 0 Å². The van der Waals surface area contributed by atoms with Crippen LogP contribution in [0.3, 0.4) is 0 Å². The Morgan fingerprint density at radius 2 is 0.680 bits per heavy atom. The molecule has 3 saturated heterocycles. The number of carbonyl (C=O) groups is 1. The average molecular weight is 1460 g/mol. The number of carbonyl (C=O) groups excluding carboxylic acids is 1. The summed E-state index contributed by atoms with van der Waals surface area (Å²) < 4.78 is 34.4. The summed E-state index contributed by atoms with van der Waals surface area (Å²) in [6.45, 7) is 1.59. The quantitative estimate of drug-likeness (QED) is 0.0199. The Balaban J connectivity index is 1.41. The summed E-state index contributed by atoms with van der Waals surface area (Å²) in [7, 11) is 0. The molecule has 3 heterocycles. The van der Waals surface area contributed by atoms with Gasteiger partial charge in [0.2, 0.25) is 5.91 Å². The lowest BCUT2D eigenvalue weighted by atomic mass is 9.96. The van der Waals surface area contributed by atoms with E-state index < -0.39 is 124 Å². The summed E-state index contributed by atoms with van der Waals surface area (Å²) in [4.78, 5) is 13.5. The van der Waals surface area contributed by atoms with E-state index in [4.69, 9.17) is 28.4 Å². The molecule has 17 atom stereocenters. The molecule has 19 nitrogen and oxygen atoms in total. The van der Waals surface area contributed by atoms with E-state index >= 15 is 0 Å². The van der Waals surface area contributed by atoms with Crippen molar-refractivity contribution in [2.45, 2.75) is 375 Å². The van der Waals surface area contributed by atoms with Crippen molar-refractivity contribution in [2.75, 3.05) is 26.4 Å². The zero-order valence-corrected chi connectivity index (χ0v) is 63.3. The minimum atomic E-state index is -1.99. The first-order valence-corrected chi connectivity index (χ1v) is 40.3. The minimum absolute atomic E-state index is 0.201. The Labute approximate surface area is 620 Å². The highest BCUT2D eigenvalue weighted by Crippen LogP contribution is 2.33. The van der Waals surface area contributed by atoms with Crippen molar-refractivity contribution in [3.8, 4) is 0 Å². The smallest absolute Gasteiger partial charge is 0.220 e. The number of allylic oxidation sites excluding steroid dienone is 19. The molecule has 3 aliphatic rings. The average Bonchev–Trinajstić information content (AvgIpc) is 0.781. The maximum absolute atomic E-state index is 13.5. The van der Waals surface area contributed by atoms with Crippen molar-refractivity contribution in [3.63, 3.8) is 0 Å². The van der Waals surface area contributed by atoms with Crippen LogP contribution in [-0.4, -0.2) is 193 Å². The zero-order valence-electron chi connectivity index (χ0n) is 63.3. The van der Waals surface area contributed by atoms with Gasteiger partial charge in [-0.1, -0.05) is 283 Å². The molecule has 0 aliphatic carbocycles. The molecular weight excluding hydrogens is 1310 g/mol. The number of hydrogen-bond donors (Lipinski definition) is 12. The first kappa shape index (κ1) is 93.4. The van der Waals surface area contributed by atoms with Gasteiger partial charge >= 0.3 is 0 Å². The normalized spacial score (nSPS) is 26.7. The van der Waals surface area contributed by atoms with Crippen molar-refractivity contribution < 1.29 is 89.4 Å². The molecule has 12 N–H and O–H groups in total. The number of amides is 1. The third-order valence-electron chi connectivity index (χ3n) is 19.2. The topological polar surface area (TPSA) is 307 Å². The number of rotatable bonds is 62. The van der Waals surface area contributed by atoms with Gasteiger partial charge in [-0.25, -0.2) is 0 Å². The highest BCUT2D eigenvalue weighted by molar-refractivity contribution is 5.76. The first-order chi connectivity index (χ1) is 50.3. The van der Waals surface area contributed by atoms with Gasteiger partial charge in [0, 0.05) is 6.42 Å². The van der Waals surface area contributed by atoms with Crippen LogP contribution in [-0.2, 0) is 33.2 Å². The maximum atomic E-state index is 13.5. The van der Waals surface area contributed by atoms with E-state index in [1.165, 1.54) is 135 Å². The molecule has 1 amide bonds. The van der Waals surface area contributed by atoms with Gasteiger partial charge in [0.1, 0.15) is 73.2 Å². The highest BCUT2D eigenvalue weighted by atomic mass is 16.8. The summed E-state index contributed by atoms with van der Waals surface area (Å²) in [5.41, 5.74) is 0. The molecule has 3 aliphatic heterocycles. The van der Waals surface area contributed by atoms with Gasteiger partial charge in [-0.3, -0.25) is 4.79 Å². The highest BCUT2D eigenvalue weighted by Gasteiger charge is 2.54. The maximum Gasteiger partial charge on any atom is 0.220 e. The summed E-state index contributed by atoms with van der Waals surface area (Å²) in [5, 5.41) is 121. The van der Waals surface area contributed by atoms with Crippen LogP contribution in [0.15, 0.2) is 122 Å². The van der Waals surface area contributed by atoms with E-state index in [0.717, 1.165) is 103 Å². The lowest BCUT2D eigenvalue weighted by molar-refractivity contribution is -0.379. The molecule has 103 heavy (non-hydrogen) atoms. The number of nitrogens with one attached hydrogen (secondary N) is 1. The molecule has 0 saturated carbocycles. The second-order valence-corrected chi connectivity index (χ2v) is 28.1. The molecule has 0 bridgehead atoms. The van der Waals surface area contributed by atoms with Gasteiger partial charge in [0.25, 0.3) is 0 Å². The van der Waals surface area contributed by atoms with Gasteiger partial charge in [-0.15, -0.1) is 0 Å². The van der Waals surface area contributed by atoms with Gasteiger partial charge in [-0.2, -0.15) is 0 Å². The van der Waals surface area contributed by atoms with Crippen LogP contribution >= 0.6 is 0 Å². The van der Waals surface area contributed by atoms with Crippen molar-refractivity contribution in [1.29, 1.82) is 0 Å². The fourth-order valence-corrected chi connectivity index (χ4v) is 12.8. The van der Waals surface area contributed by atoms with E-state index in [-0.39, 0.29) is 18.9 Å². The van der Waals surface area contributed by atoms with Gasteiger partial charge in [0.05, 0.1) is 38.6 Å². The fraction of sp³-hybridized carbons (Fsp3) is 0.750. The molecule has 0 spiro atoms. The number of hydrogen-bond acceptors (Lipinski definition) is 18. The monoisotopic (exact) mass is 1450 g/mol. The van der Waals surface area contributed by atoms with Crippen molar-refractivity contribution in [2.24, 2.45) is 0 Å². The van der Waals surface area contributed by atoms with E-state index in [2.05, 4.69) is 129 Å². The minimum Gasteiger partial charge on any atom is -0.394 e. The van der Waals surface area contributed by atoms with Crippen LogP contribution in [0.2, 0.25) is 0 Å². The van der Waals surface area contributed by atoms with Crippen LogP contribution in [0.1, 0.15) is 271 Å². The summed E-state index contributed by atoms with van der Waals surface area (Å²) in [6, 6.07) is -1.02. The molecule has 3 fully saturated rings. The largest absolute Gasteiger partial charge is 0.394 e. The van der Waals surface area contributed by atoms with Crippen LogP contribution in [0, 0.1) is 0 Å². The molecule has 0 aromatic rings. The summed E-state index contributed by atoms with van der Waals surface area (Å²) in [5.74, 6) is -0.312. The van der Waals surface area contributed by atoms with Crippen LogP contribution in [0.5, 0.6) is 0 Å². The first-order valence-electron chi connectivity index (χ1n) is 40.3. The van der Waals surface area contributed by atoms with E-state index in [1.54, 1.807) is 6.08 Å². The zero-order chi connectivity index (χ0) is 74.6. The van der Waals surface area contributed by atoms with Crippen LogP contribution < -0.4 is 5.32 Å². The van der Waals surface area contributed by atoms with Gasteiger partial charge in [0.15, 0.2) is 18.9 Å². The SMILES string of the molecule is CC/C=C\C/C=C\C/C=C\C/C=C\C/C=C\C/C=C\C/C=C\CCCCCCCC(=O)NC(COC1OC(CO)C(OC2OC(CO)C(OC3OC(CO)C(O)C(O)C3O)C(O)C2O)C(O)C1O)C(O)/C=C/CC/C=C/CC/C=C/CCCCCCCCCCCCCCCCCCCCCCC. The van der Waals surface area contributed by atoms with E-state index in [1.807, 2.05) is 6.08 Å². The van der Waals surface area contributed by atoms with Crippen molar-refractivity contribution >= 4 is 5.91 Å². The Morgan fingerprint density at radius 3 is 1.09 bits per heavy atom. The van der Waals surface area contributed by atoms with Gasteiger partial charge in [-0.05, 0) is 103 Å². The molecule has 19 heteroatoms. The van der Waals surface area contributed by atoms with Crippen LogP contribution in [0.25, 0.3) is 0 Å². The van der Waals surface area contributed by atoms with Crippen molar-refractivity contribution in [3.05, 3.63) is 122 Å². The molecule has 3 rings (SSSR count). The van der Waals surface area contributed by atoms with E-state index in [9.17, 15) is 61.0 Å². The lowest BCUT2D eigenvalue weighted by Gasteiger charge is -2.48. The third-order valence-corrected chi connectivity index (χ3v) is 19.2. The second kappa shape index (κ2) is 63.2. The standard InChI is InChI=1S/C84H143NO18/c1-3-5-7-9-11-13-15-17-19-21-23-25-27-29-31-32-33-34-36-37-39-41-43-45-47-49-51-53-55-57-59-61-68(89)67(85-72(90)62-60-58-56-54-52-50-48-46-44-42-40-38-35-30-28-26-24-22-20-18-16-14-12-10-8-6-4-2)66-98-82-78(96)75(93)80(70(64-87)100-82)103-84-79(97)76(94)81(71(65-88)101-84)102-83-77(95)74(92)73(91)69(63-86)99-83/h6,8,12,14,18,20,24,26,30,35,40,42-43,45-46,48,51,53,59,61,67-71,73-84,86-89,91-97H,3-5,7,9-11,13,15-17,19,21-23,25,27-29,31-34,36-39,41,44,47,49-50,52,54-58,60,62-66H2,1-2H3,(H,85,90)/b8-6-,14-12-,20-18-,26-24-,35-30-,42-40-,45-43+,48-46-,53-51+,61-59+. The predicted octanol–water partition coefficient (Wildman–Crippen LogP) is 13.5. The Kier molecular flexibility index (Phi) is 57.3. The summed E-state index contributed by atoms with van der Waals surface area (Å²) in [6.07, 6.45) is 61.9. The molecule has 0 aromatic carbocycles. The Bertz CT molecular complexity index is 2330. The molecule has 0 radical (unpaired) electrons. The Hall–Kier alpha value is -3.81. The molecular formula is C84H143NO18. The van der Waals surface area contributed by atoms with E-state index in [0.29, 0.717) is 12.8 Å². The molecule has 0 aromatic heterocycles. The number of unbranched alkanes of at least 4 members (excludes halogenated alkanes) is 28. The third kappa shape index (κ3) is 43.1. The fourth-order valence-electron chi connectivity index (χ4n) is 12.8. The molecule has 592 valence electrons. The predicted molar refractivity (Wildman–Crippen MR) is 410 cm³/mol. The summed E-state index contributed by atoms with van der Waals surface area (Å²) >= 11 is 0. The number of ether oxygens (including phenoxy) is 6. The van der Waals surface area contributed by atoms with Crippen molar-refractivity contribution in [1.82, 2.24) is 5.32 Å².